The van der Waals surface area contributed by atoms with E-state index in [0.717, 1.165) is 11.1 Å². The molecule has 1 aromatic heterocycles. The van der Waals surface area contributed by atoms with Crippen LogP contribution < -0.4 is 0 Å². The Bertz CT molecular complexity index is 339. The first-order valence-corrected chi connectivity index (χ1v) is 4.44. The quantitative estimate of drug-likeness (QED) is 0.537. The van der Waals surface area contributed by atoms with Crippen LogP contribution in [0.1, 0.15) is 11.1 Å². The number of aliphatic imine (C=N–C) groups is 2. The van der Waals surface area contributed by atoms with Crippen LogP contribution in [0.4, 0.5) is 0 Å². The van der Waals surface area contributed by atoms with Gasteiger partial charge < -0.3 is 0 Å². The fourth-order valence-corrected chi connectivity index (χ4v) is 1.71. The van der Waals surface area contributed by atoms with Gasteiger partial charge in [-0.15, -0.1) is 0 Å². The van der Waals surface area contributed by atoms with Crippen LogP contribution in [0, 0.1) is 0 Å². The normalized spacial score (nSPS) is 8.62. The van der Waals surface area contributed by atoms with Crippen LogP contribution in [0.2, 0.25) is 0 Å². The number of hydrogen-bond acceptors (Lipinski definition) is 5. The maximum Gasteiger partial charge on any atom is 0.235 e. The van der Waals surface area contributed by atoms with Crippen molar-refractivity contribution < 1.29 is 9.59 Å². The van der Waals surface area contributed by atoms with E-state index in [1.165, 1.54) is 23.5 Å². The molecular formula is C8H6N2O2S. The summed E-state index contributed by atoms with van der Waals surface area (Å²) >= 11 is 1.49. The van der Waals surface area contributed by atoms with E-state index in [4.69, 9.17) is 0 Å². The van der Waals surface area contributed by atoms with Gasteiger partial charge in [-0.05, 0) is 21.9 Å². The van der Waals surface area contributed by atoms with Gasteiger partial charge in [0.1, 0.15) is 0 Å². The maximum atomic E-state index is 9.85. The second kappa shape index (κ2) is 5.17. The van der Waals surface area contributed by atoms with Crippen LogP contribution in [0.5, 0.6) is 0 Å². The minimum Gasteiger partial charge on any atom is -0.211 e. The van der Waals surface area contributed by atoms with Crippen molar-refractivity contribution in [1.29, 1.82) is 0 Å². The van der Waals surface area contributed by atoms with Gasteiger partial charge in [-0.1, -0.05) is 0 Å². The molecule has 4 nitrogen and oxygen atoms in total. The zero-order valence-electron chi connectivity index (χ0n) is 6.69. The molecule has 1 rings (SSSR count). The average Bonchev–Trinajstić information content (AvgIpc) is 2.59. The van der Waals surface area contributed by atoms with Gasteiger partial charge >= 0.3 is 0 Å². The molecule has 0 bridgehead atoms. The van der Waals surface area contributed by atoms with Gasteiger partial charge in [-0.3, -0.25) is 0 Å². The summed E-state index contributed by atoms with van der Waals surface area (Å²) in [7, 11) is 0. The third-order valence-corrected chi connectivity index (χ3v) is 2.30. The fourth-order valence-electron chi connectivity index (χ4n) is 0.862. The molecule has 0 saturated carbocycles. The Balaban J connectivity index is 2.75. The van der Waals surface area contributed by atoms with Crippen molar-refractivity contribution in [2.75, 3.05) is 0 Å². The van der Waals surface area contributed by atoms with Crippen molar-refractivity contribution >= 4 is 23.5 Å². The third-order valence-electron chi connectivity index (χ3n) is 1.46. The van der Waals surface area contributed by atoms with Crippen molar-refractivity contribution in [3.05, 3.63) is 21.9 Å². The molecule has 0 aliphatic carbocycles. The topological polar surface area (TPSA) is 58.9 Å². The molecule has 1 heterocycles. The van der Waals surface area contributed by atoms with E-state index in [2.05, 4.69) is 9.98 Å². The molecule has 0 unspecified atom stereocenters. The molecular weight excluding hydrogens is 188 g/mol. The predicted molar refractivity (Wildman–Crippen MR) is 48.0 cm³/mol. The summed E-state index contributed by atoms with van der Waals surface area (Å²) in [6.07, 6.45) is 2.92. The highest BCUT2D eigenvalue weighted by molar-refractivity contribution is 7.08. The number of rotatable bonds is 4. The van der Waals surface area contributed by atoms with Crippen LogP contribution >= 0.6 is 11.3 Å². The van der Waals surface area contributed by atoms with Crippen LogP contribution in [-0.2, 0) is 22.7 Å². The Kier molecular flexibility index (Phi) is 3.79. The molecule has 0 atom stereocenters. The lowest BCUT2D eigenvalue weighted by Gasteiger charge is -1.93. The molecule has 0 spiro atoms. The summed E-state index contributed by atoms with van der Waals surface area (Å²) in [6, 6.07) is 0. The molecule has 0 aliphatic heterocycles. The highest BCUT2D eigenvalue weighted by Gasteiger charge is 2.01. The summed E-state index contributed by atoms with van der Waals surface area (Å²) in [4.78, 5) is 26.6. The predicted octanol–water partition coefficient (Wildman–Crippen LogP) is 1.42. The number of nitrogens with zero attached hydrogens (tertiary/aromatic N) is 2. The Hall–Kier alpha value is -1.54. The molecule has 0 amide bonds. The van der Waals surface area contributed by atoms with E-state index < -0.39 is 0 Å². The highest BCUT2D eigenvalue weighted by Crippen LogP contribution is 2.16. The third kappa shape index (κ3) is 2.76. The van der Waals surface area contributed by atoms with Crippen LogP contribution in [0.15, 0.2) is 20.7 Å². The maximum absolute atomic E-state index is 9.85. The smallest absolute Gasteiger partial charge is 0.211 e. The van der Waals surface area contributed by atoms with E-state index in [1.54, 1.807) is 0 Å². The minimum atomic E-state index is 0.302. The molecule has 0 aromatic carbocycles. The minimum absolute atomic E-state index is 0.302. The van der Waals surface area contributed by atoms with Gasteiger partial charge in [0, 0.05) is 0 Å². The first kappa shape index (κ1) is 9.55. The highest BCUT2D eigenvalue weighted by atomic mass is 32.1. The van der Waals surface area contributed by atoms with E-state index in [-0.39, 0.29) is 0 Å². The molecule has 66 valence electrons. The molecule has 0 saturated heterocycles. The summed E-state index contributed by atoms with van der Waals surface area (Å²) in [5.41, 5.74) is 1.82. The van der Waals surface area contributed by atoms with Crippen LogP contribution in [0.3, 0.4) is 0 Å². The second-order valence-electron chi connectivity index (χ2n) is 2.24. The fraction of sp³-hybridized carbons (Fsp3) is 0.250. The monoisotopic (exact) mass is 194 g/mol. The summed E-state index contributed by atoms with van der Waals surface area (Å²) in [6.45, 7) is 0.605. The van der Waals surface area contributed by atoms with Gasteiger partial charge in [-0.2, -0.15) is 11.3 Å². The molecule has 0 fully saturated rings. The van der Waals surface area contributed by atoms with E-state index in [0.29, 0.717) is 13.1 Å². The lowest BCUT2D eigenvalue weighted by molar-refractivity contribution is 0.561. The zero-order valence-corrected chi connectivity index (χ0v) is 7.50. The molecule has 0 radical (unpaired) electrons. The Morgan fingerprint density at radius 3 is 1.92 bits per heavy atom. The van der Waals surface area contributed by atoms with Crippen LogP contribution in [-0.4, -0.2) is 12.2 Å². The average molecular weight is 194 g/mol. The number of hydrogen-bond donors (Lipinski definition) is 0. The van der Waals surface area contributed by atoms with Crippen molar-refractivity contribution in [3.8, 4) is 0 Å². The lowest BCUT2D eigenvalue weighted by Crippen LogP contribution is -1.85. The number of isocyanates is 2. The SMILES string of the molecule is O=C=NCc1cscc1CN=C=O. The van der Waals surface area contributed by atoms with E-state index >= 15 is 0 Å². The number of thiophene rings is 1. The standard InChI is InChI=1S/C8H6N2O2S/c11-5-9-1-7-3-13-4-8(7)2-10-6-12/h3-4H,1-2H2. The summed E-state index contributed by atoms with van der Waals surface area (Å²) in [5.74, 6) is 0. The Labute approximate surface area is 78.6 Å². The molecule has 1 aromatic rings. The number of carbonyl (C=O) groups excluding carboxylic acids is 2. The largest absolute Gasteiger partial charge is 0.235 e. The first-order chi connectivity index (χ1) is 6.38. The van der Waals surface area contributed by atoms with E-state index in [9.17, 15) is 9.59 Å². The van der Waals surface area contributed by atoms with Crippen molar-refractivity contribution in [3.63, 3.8) is 0 Å². The van der Waals surface area contributed by atoms with Gasteiger partial charge in [0.05, 0.1) is 13.1 Å². The Morgan fingerprint density at radius 1 is 1.08 bits per heavy atom. The van der Waals surface area contributed by atoms with E-state index in [1.807, 2.05) is 10.8 Å². The molecule has 0 N–H and O–H groups in total. The lowest BCUT2D eigenvalue weighted by atomic mass is 10.2. The Morgan fingerprint density at radius 2 is 1.54 bits per heavy atom. The summed E-state index contributed by atoms with van der Waals surface area (Å²) < 4.78 is 0. The first-order valence-electron chi connectivity index (χ1n) is 3.49. The zero-order chi connectivity index (χ0) is 9.52. The van der Waals surface area contributed by atoms with Gasteiger partial charge in [0.25, 0.3) is 0 Å². The van der Waals surface area contributed by atoms with Gasteiger partial charge in [0.2, 0.25) is 12.2 Å². The van der Waals surface area contributed by atoms with Crippen molar-refractivity contribution in [2.45, 2.75) is 13.1 Å². The van der Waals surface area contributed by atoms with Crippen molar-refractivity contribution in [2.24, 2.45) is 9.98 Å². The second-order valence-corrected chi connectivity index (χ2v) is 2.98. The molecule has 5 heteroatoms. The van der Waals surface area contributed by atoms with Gasteiger partial charge in [0.15, 0.2) is 0 Å². The summed E-state index contributed by atoms with van der Waals surface area (Å²) in [5, 5.41) is 3.74. The van der Waals surface area contributed by atoms with Crippen molar-refractivity contribution in [1.82, 2.24) is 0 Å². The van der Waals surface area contributed by atoms with Crippen LogP contribution in [0.25, 0.3) is 0 Å². The van der Waals surface area contributed by atoms with Gasteiger partial charge in [-0.25, -0.2) is 19.6 Å². The molecule has 0 aliphatic rings. The molecule has 13 heavy (non-hydrogen) atoms.